The van der Waals surface area contributed by atoms with Crippen LogP contribution in [0.1, 0.15) is 45.4 Å². The van der Waals surface area contributed by atoms with Crippen molar-refractivity contribution in [1.82, 2.24) is 9.55 Å². The highest BCUT2D eigenvalue weighted by molar-refractivity contribution is 6.30. The fraction of sp³-hybridized carbons (Fsp3) is 0.438. The summed E-state index contributed by atoms with van der Waals surface area (Å²) in [6.07, 6.45) is 2.27. The zero-order valence-electron chi connectivity index (χ0n) is 12.5. The molecule has 0 atom stereocenters. The van der Waals surface area contributed by atoms with Crippen molar-refractivity contribution in [1.29, 1.82) is 0 Å². The third kappa shape index (κ3) is 2.64. The van der Waals surface area contributed by atoms with Crippen molar-refractivity contribution in [3.63, 3.8) is 0 Å². The molecule has 2 aromatic rings. The van der Waals surface area contributed by atoms with Crippen LogP contribution in [0.15, 0.2) is 18.2 Å². The highest BCUT2D eigenvalue weighted by Crippen LogP contribution is 2.44. The number of rotatable bonds is 2. The van der Waals surface area contributed by atoms with E-state index in [1.54, 1.807) is 6.07 Å². The molecule has 3 nitrogen and oxygen atoms in total. The van der Waals surface area contributed by atoms with E-state index in [1.807, 2.05) is 0 Å². The first-order valence-electron chi connectivity index (χ1n) is 7.12. The molecular weight excluding hydrogens is 289 g/mol. The number of hydrogen-bond acceptors (Lipinski definition) is 2. The van der Waals surface area contributed by atoms with Crippen LogP contribution in [-0.2, 0) is 5.54 Å². The van der Waals surface area contributed by atoms with Crippen LogP contribution in [0, 0.1) is 5.82 Å². The number of imidazole rings is 1. The second-order valence-electron chi connectivity index (χ2n) is 6.64. The lowest BCUT2D eigenvalue weighted by atomic mass is 10.1. The van der Waals surface area contributed by atoms with E-state index in [0.29, 0.717) is 28.0 Å². The zero-order chi connectivity index (χ0) is 15.4. The smallest absolute Gasteiger partial charge is 0.132 e. The summed E-state index contributed by atoms with van der Waals surface area (Å²) in [5, 5.41) is 0.350. The van der Waals surface area contributed by atoms with Crippen molar-refractivity contribution in [2.75, 3.05) is 5.73 Å². The van der Waals surface area contributed by atoms with Crippen LogP contribution in [0.4, 0.5) is 10.2 Å². The Hall–Kier alpha value is -1.55. The SMILES string of the molecule is CC(C)(C)n1c(C2CC2)nc(-c2cc(F)cc(Cl)c2)c1N. The molecule has 0 saturated heterocycles. The predicted octanol–water partition coefficient (Wildman–Crippen LogP) is 4.56. The molecule has 1 aliphatic carbocycles. The number of nitrogens with zero attached hydrogens (tertiary/aromatic N) is 2. The van der Waals surface area contributed by atoms with E-state index in [0.717, 1.165) is 18.7 Å². The van der Waals surface area contributed by atoms with Crippen molar-refractivity contribution in [3.8, 4) is 11.3 Å². The third-order valence-corrected chi connectivity index (χ3v) is 3.91. The molecule has 1 saturated carbocycles. The first-order chi connectivity index (χ1) is 9.77. The summed E-state index contributed by atoms with van der Waals surface area (Å²) in [4.78, 5) is 4.70. The molecule has 1 fully saturated rings. The zero-order valence-corrected chi connectivity index (χ0v) is 13.2. The Bertz CT molecular complexity index is 676. The number of hydrogen-bond donors (Lipinski definition) is 1. The van der Waals surface area contributed by atoms with E-state index in [-0.39, 0.29) is 11.4 Å². The Morgan fingerprint density at radius 1 is 1.29 bits per heavy atom. The Kier molecular flexibility index (Phi) is 3.24. The molecule has 112 valence electrons. The molecule has 0 spiro atoms. The van der Waals surface area contributed by atoms with Gasteiger partial charge in [-0.15, -0.1) is 0 Å². The molecule has 0 bridgehead atoms. The van der Waals surface area contributed by atoms with Crippen LogP contribution in [0.3, 0.4) is 0 Å². The standard InChI is InChI=1S/C16H19ClFN3/c1-16(2,3)21-14(19)13(20-15(21)9-4-5-9)10-6-11(17)8-12(18)7-10/h6-9H,4-5,19H2,1-3H3. The highest BCUT2D eigenvalue weighted by Gasteiger charge is 2.34. The van der Waals surface area contributed by atoms with Gasteiger partial charge in [0, 0.05) is 22.0 Å². The van der Waals surface area contributed by atoms with Gasteiger partial charge in [-0.2, -0.15) is 0 Å². The number of benzene rings is 1. The minimum Gasteiger partial charge on any atom is -0.383 e. The topological polar surface area (TPSA) is 43.8 Å². The van der Waals surface area contributed by atoms with Gasteiger partial charge in [0.1, 0.15) is 23.2 Å². The van der Waals surface area contributed by atoms with E-state index < -0.39 is 0 Å². The molecule has 3 rings (SSSR count). The van der Waals surface area contributed by atoms with Gasteiger partial charge in [-0.3, -0.25) is 0 Å². The number of anilines is 1. The minimum absolute atomic E-state index is 0.162. The molecule has 0 aliphatic heterocycles. The summed E-state index contributed by atoms with van der Waals surface area (Å²) < 4.78 is 15.7. The third-order valence-electron chi connectivity index (χ3n) is 3.69. The van der Waals surface area contributed by atoms with Gasteiger partial charge < -0.3 is 10.3 Å². The molecule has 1 aliphatic rings. The molecule has 21 heavy (non-hydrogen) atoms. The monoisotopic (exact) mass is 307 g/mol. The number of halogens is 2. The Morgan fingerprint density at radius 3 is 2.48 bits per heavy atom. The molecule has 0 amide bonds. The molecule has 1 heterocycles. The van der Waals surface area contributed by atoms with Crippen LogP contribution in [-0.4, -0.2) is 9.55 Å². The normalized spacial score (nSPS) is 15.5. The van der Waals surface area contributed by atoms with Gasteiger partial charge in [-0.1, -0.05) is 11.6 Å². The van der Waals surface area contributed by atoms with Crippen LogP contribution >= 0.6 is 11.6 Å². The lowest BCUT2D eigenvalue weighted by Gasteiger charge is -2.25. The van der Waals surface area contributed by atoms with Gasteiger partial charge in [0.25, 0.3) is 0 Å². The summed E-state index contributed by atoms with van der Waals surface area (Å²) in [7, 11) is 0. The first-order valence-corrected chi connectivity index (χ1v) is 7.50. The highest BCUT2D eigenvalue weighted by atomic mass is 35.5. The first kappa shape index (κ1) is 14.4. The number of nitrogen functional groups attached to an aromatic ring is 1. The molecule has 5 heteroatoms. The lowest BCUT2D eigenvalue weighted by molar-refractivity contribution is 0.388. The van der Waals surface area contributed by atoms with Crippen molar-refractivity contribution >= 4 is 17.4 Å². The fourth-order valence-electron chi connectivity index (χ4n) is 2.67. The average Bonchev–Trinajstić information content (AvgIpc) is 3.10. The van der Waals surface area contributed by atoms with Crippen LogP contribution in [0.5, 0.6) is 0 Å². The maximum Gasteiger partial charge on any atom is 0.132 e. The van der Waals surface area contributed by atoms with Crippen molar-refractivity contribution in [2.24, 2.45) is 0 Å². The van der Waals surface area contributed by atoms with E-state index in [4.69, 9.17) is 22.3 Å². The second kappa shape index (κ2) is 4.73. The largest absolute Gasteiger partial charge is 0.383 e. The van der Waals surface area contributed by atoms with Gasteiger partial charge in [0.05, 0.1) is 0 Å². The Morgan fingerprint density at radius 2 is 1.95 bits per heavy atom. The van der Waals surface area contributed by atoms with Crippen LogP contribution < -0.4 is 5.73 Å². The summed E-state index contributed by atoms with van der Waals surface area (Å²) in [5.41, 5.74) is 7.41. The Balaban J connectivity index is 2.20. The predicted molar refractivity (Wildman–Crippen MR) is 84.0 cm³/mol. The van der Waals surface area contributed by atoms with E-state index in [9.17, 15) is 4.39 Å². The van der Waals surface area contributed by atoms with Gasteiger partial charge >= 0.3 is 0 Å². The molecule has 0 unspecified atom stereocenters. The van der Waals surface area contributed by atoms with Crippen LogP contribution in [0.2, 0.25) is 5.02 Å². The number of aromatic nitrogens is 2. The Labute approximate surface area is 128 Å². The lowest BCUT2D eigenvalue weighted by Crippen LogP contribution is -2.25. The average molecular weight is 308 g/mol. The fourth-order valence-corrected chi connectivity index (χ4v) is 2.90. The summed E-state index contributed by atoms with van der Waals surface area (Å²) >= 11 is 5.95. The van der Waals surface area contributed by atoms with Crippen molar-refractivity contribution in [3.05, 3.63) is 34.9 Å². The van der Waals surface area contributed by atoms with Gasteiger partial charge in [0.2, 0.25) is 0 Å². The van der Waals surface area contributed by atoms with Gasteiger partial charge in [0.15, 0.2) is 0 Å². The van der Waals surface area contributed by atoms with E-state index in [2.05, 4.69) is 25.3 Å². The van der Waals surface area contributed by atoms with Crippen LogP contribution in [0.25, 0.3) is 11.3 Å². The maximum atomic E-state index is 13.6. The molecular formula is C16H19ClFN3. The summed E-state index contributed by atoms with van der Waals surface area (Å²) in [6, 6.07) is 4.41. The molecule has 1 aromatic carbocycles. The van der Waals surface area contributed by atoms with E-state index in [1.165, 1.54) is 12.1 Å². The van der Waals surface area contributed by atoms with Gasteiger partial charge in [-0.05, 0) is 51.8 Å². The minimum atomic E-state index is -0.379. The quantitative estimate of drug-likeness (QED) is 0.884. The maximum absolute atomic E-state index is 13.6. The molecule has 0 radical (unpaired) electrons. The summed E-state index contributed by atoms with van der Waals surface area (Å²) in [6.45, 7) is 6.29. The van der Waals surface area contributed by atoms with Crippen molar-refractivity contribution in [2.45, 2.75) is 45.1 Å². The summed E-state index contributed by atoms with van der Waals surface area (Å²) in [5.74, 6) is 1.65. The second-order valence-corrected chi connectivity index (χ2v) is 7.08. The van der Waals surface area contributed by atoms with Crippen molar-refractivity contribution < 1.29 is 4.39 Å². The molecule has 1 aromatic heterocycles. The van der Waals surface area contributed by atoms with Gasteiger partial charge in [-0.25, -0.2) is 9.37 Å². The number of nitrogens with two attached hydrogens (primary N) is 1. The van der Waals surface area contributed by atoms with E-state index >= 15 is 0 Å². The molecule has 2 N–H and O–H groups in total.